The van der Waals surface area contributed by atoms with Gasteiger partial charge in [-0.1, -0.05) is 43.2 Å². The van der Waals surface area contributed by atoms with Crippen molar-refractivity contribution in [3.8, 4) is 11.8 Å². The van der Waals surface area contributed by atoms with Gasteiger partial charge in [0.2, 0.25) is 11.8 Å². The van der Waals surface area contributed by atoms with Crippen molar-refractivity contribution in [2.45, 2.75) is 57.6 Å². The minimum absolute atomic E-state index is 0.0153. The largest absolute Gasteiger partial charge is 0.492 e. The lowest BCUT2D eigenvalue weighted by atomic mass is 9.95. The van der Waals surface area contributed by atoms with Crippen molar-refractivity contribution in [3.05, 3.63) is 48.0 Å². The number of hydrogen-bond acceptors (Lipinski definition) is 6. The molecule has 1 heterocycles. The zero-order valence-corrected chi connectivity index (χ0v) is 18.0. The van der Waals surface area contributed by atoms with Gasteiger partial charge in [-0.15, -0.1) is 4.73 Å². The second-order valence-corrected chi connectivity index (χ2v) is 8.07. The highest BCUT2D eigenvalue weighted by Gasteiger charge is 2.22. The van der Waals surface area contributed by atoms with Crippen LogP contribution in [-0.2, 0) is 11.3 Å². The Balaban J connectivity index is 1.29. The lowest BCUT2D eigenvalue weighted by Crippen LogP contribution is -2.39. The van der Waals surface area contributed by atoms with Gasteiger partial charge < -0.3 is 30.4 Å². The van der Waals surface area contributed by atoms with Crippen molar-refractivity contribution in [2.24, 2.45) is 5.92 Å². The lowest BCUT2D eigenvalue weighted by molar-refractivity contribution is 0.104. The van der Waals surface area contributed by atoms with Gasteiger partial charge in [0.15, 0.2) is 0 Å². The summed E-state index contributed by atoms with van der Waals surface area (Å²) in [6.45, 7) is 0.831. The molecule has 0 aliphatic heterocycles. The highest BCUT2D eigenvalue weighted by atomic mass is 16.7. The Labute approximate surface area is 187 Å². The van der Waals surface area contributed by atoms with Crippen LogP contribution in [0.4, 0.5) is 9.59 Å². The highest BCUT2D eigenvalue weighted by Crippen LogP contribution is 2.27. The first-order chi connectivity index (χ1) is 15.5. The summed E-state index contributed by atoms with van der Waals surface area (Å²) in [6, 6.07) is 12.0. The summed E-state index contributed by atoms with van der Waals surface area (Å²) in [7, 11) is 0. The molecular formula is C23H31N3O6. The van der Waals surface area contributed by atoms with Crippen LogP contribution in [0.25, 0.3) is 0 Å². The maximum Gasteiger partial charge on any atom is 0.432 e. The van der Waals surface area contributed by atoms with E-state index in [1.807, 2.05) is 30.3 Å². The second kappa shape index (κ2) is 11.9. The zero-order valence-electron chi connectivity index (χ0n) is 18.0. The molecule has 1 aromatic carbocycles. The van der Waals surface area contributed by atoms with E-state index < -0.39 is 12.2 Å². The molecule has 1 saturated carbocycles. The number of amides is 2. The smallest absolute Gasteiger partial charge is 0.432 e. The molecule has 0 radical (unpaired) electrons. The number of aromatic hydroxyl groups is 2. The average molecular weight is 446 g/mol. The number of rotatable bonds is 8. The zero-order chi connectivity index (χ0) is 22.8. The molecule has 174 valence electrons. The number of alkyl carbamates (subject to hydrolysis) is 1. The van der Waals surface area contributed by atoms with E-state index in [9.17, 15) is 19.8 Å². The Kier molecular flexibility index (Phi) is 8.65. The first-order valence-electron chi connectivity index (χ1n) is 11.0. The number of benzene rings is 1. The Bertz CT molecular complexity index is 850. The fourth-order valence-electron chi connectivity index (χ4n) is 3.94. The summed E-state index contributed by atoms with van der Waals surface area (Å²) in [5.41, 5.74) is 0.954. The van der Waals surface area contributed by atoms with Crippen molar-refractivity contribution in [3.63, 3.8) is 0 Å². The molecule has 4 N–H and O–H groups in total. The first kappa shape index (κ1) is 23.3. The van der Waals surface area contributed by atoms with E-state index in [2.05, 4.69) is 10.6 Å². The van der Waals surface area contributed by atoms with Crippen LogP contribution in [0, 0.1) is 5.92 Å². The number of nitrogens with zero attached hydrogens (tertiary/aromatic N) is 1. The molecule has 1 aliphatic rings. The molecule has 2 amide bonds. The Morgan fingerprint density at radius 3 is 2.47 bits per heavy atom. The first-order valence-corrected chi connectivity index (χ1v) is 11.0. The van der Waals surface area contributed by atoms with Gasteiger partial charge in [0.05, 0.1) is 0 Å². The molecule has 32 heavy (non-hydrogen) atoms. The molecule has 1 aromatic heterocycles. The van der Waals surface area contributed by atoms with Gasteiger partial charge in [-0.25, -0.2) is 9.59 Å². The van der Waals surface area contributed by atoms with Gasteiger partial charge in [0.25, 0.3) is 0 Å². The molecule has 2 unspecified atom stereocenters. The summed E-state index contributed by atoms with van der Waals surface area (Å²) in [5.74, 6) is -0.162. The van der Waals surface area contributed by atoms with E-state index in [0.29, 0.717) is 17.2 Å². The summed E-state index contributed by atoms with van der Waals surface area (Å²) in [6.07, 6.45) is 5.47. The second-order valence-electron chi connectivity index (χ2n) is 8.07. The van der Waals surface area contributed by atoms with E-state index in [4.69, 9.17) is 9.57 Å². The Hall–Kier alpha value is -3.36. The maximum atomic E-state index is 12.1. The van der Waals surface area contributed by atoms with Crippen molar-refractivity contribution in [1.82, 2.24) is 15.4 Å². The number of carbonyl (C=O) groups is 2. The predicted octanol–water partition coefficient (Wildman–Crippen LogP) is 3.69. The molecule has 0 bridgehead atoms. The van der Waals surface area contributed by atoms with Crippen LogP contribution in [0.15, 0.2) is 42.5 Å². The third-order valence-corrected chi connectivity index (χ3v) is 5.65. The number of carbonyl (C=O) groups excluding carboxylic acids is 2. The molecule has 3 rings (SSSR count). The van der Waals surface area contributed by atoms with Crippen LogP contribution < -0.4 is 15.5 Å². The molecule has 1 aliphatic carbocycles. The number of aromatic nitrogens is 1. The number of ether oxygens (including phenoxy) is 1. The molecule has 2 atom stereocenters. The molecule has 0 spiro atoms. The van der Waals surface area contributed by atoms with Gasteiger partial charge in [-0.2, -0.15) is 0 Å². The minimum atomic E-state index is -0.714. The normalized spacial score (nSPS) is 18.4. The molecule has 2 aromatic rings. The molecular weight excluding hydrogens is 414 g/mol. The van der Waals surface area contributed by atoms with Gasteiger partial charge in [0.1, 0.15) is 6.61 Å². The van der Waals surface area contributed by atoms with Gasteiger partial charge in [-0.05, 0) is 43.6 Å². The SMILES string of the molecule is O=C(NCCCC1CCCC(NC(=O)On2c(O)ccc2O)CC1)OCc1ccccc1. The van der Waals surface area contributed by atoms with E-state index in [0.717, 1.165) is 50.5 Å². The number of nitrogens with one attached hydrogen (secondary N) is 2. The maximum absolute atomic E-state index is 12.1. The van der Waals surface area contributed by atoms with E-state index in [1.165, 1.54) is 12.1 Å². The predicted molar refractivity (Wildman–Crippen MR) is 117 cm³/mol. The van der Waals surface area contributed by atoms with Crippen molar-refractivity contribution < 1.29 is 29.4 Å². The Morgan fingerprint density at radius 1 is 0.969 bits per heavy atom. The van der Waals surface area contributed by atoms with Crippen molar-refractivity contribution >= 4 is 12.2 Å². The third-order valence-electron chi connectivity index (χ3n) is 5.65. The van der Waals surface area contributed by atoms with Gasteiger partial charge in [-0.3, -0.25) is 0 Å². The summed E-state index contributed by atoms with van der Waals surface area (Å²) in [5, 5.41) is 24.7. The third kappa shape index (κ3) is 7.40. The van der Waals surface area contributed by atoms with Crippen molar-refractivity contribution in [2.75, 3.05) is 6.54 Å². The van der Waals surface area contributed by atoms with Crippen LogP contribution in [0.1, 0.15) is 50.5 Å². The average Bonchev–Trinajstić information content (AvgIpc) is 2.97. The summed E-state index contributed by atoms with van der Waals surface area (Å²) < 4.78 is 5.88. The minimum Gasteiger partial charge on any atom is -0.492 e. The van der Waals surface area contributed by atoms with Crippen LogP contribution >= 0.6 is 0 Å². The standard InChI is InChI=1S/C23H31N3O6/c27-20-13-14-21(28)26(20)32-23(30)25-19-10-4-8-17(11-12-19)9-5-15-24-22(29)31-16-18-6-2-1-3-7-18/h1-3,6-7,13-14,17,19,27-28H,4-5,8-12,15-16H2,(H,24,29)(H,25,30). The topological polar surface area (TPSA) is 122 Å². The van der Waals surface area contributed by atoms with E-state index >= 15 is 0 Å². The monoisotopic (exact) mass is 445 g/mol. The molecule has 1 fully saturated rings. The van der Waals surface area contributed by atoms with Crippen molar-refractivity contribution in [1.29, 1.82) is 0 Å². The van der Waals surface area contributed by atoms with Gasteiger partial charge in [0, 0.05) is 24.7 Å². The fourth-order valence-corrected chi connectivity index (χ4v) is 3.94. The van der Waals surface area contributed by atoms with E-state index in [1.54, 1.807) is 0 Å². The number of hydrogen-bond donors (Lipinski definition) is 4. The van der Waals surface area contributed by atoms with Crippen LogP contribution in [0.5, 0.6) is 11.8 Å². The molecule has 9 heteroatoms. The lowest BCUT2D eigenvalue weighted by Gasteiger charge is -2.17. The fraction of sp³-hybridized carbons (Fsp3) is 0.478. The van der Waals surface area contributed by atoms with Gasteiger partial charge >= 0.3 is 12.2 Å². The summed E-state index contributed by atoms with van der Waals surface area (Å²) in [4.78, 5) is 28.8. The molecule has 9 nitrogen and oxygen atoms in total. The van der Waals surface area contributed by atoms with Crippen LogP contribution in [0.3, 0.4) is 0 Å². The van der Waals surface area contributed by atoms with Crippen LogP contribution in [0.2, 0.25) is 0 Å². The molecule has 0 saturated heterocycles. The quantitative estimate of drug-likeness (QED) is 0.363. The van der Waals surface area contributed by atoms with E-state index in [-0.39, 0.29) is 24.4 Å². The highest BCUT2D eigenvalue weighted by molar-refractivity contribution is 5.68. The van der Waals surface area contributed by atoms with Crippen LogP contribution in [-0.4, -0.2) is 39.7 Å². The summed E-state index contributed by atoms with van der Waals surface area (Å²) >= 11 is 0. The Morgan fingerprint density at radius 2 is 1.72 bits per heavy atom.